The van der Waals surface area contributed by atoms with Gasteiger partial charge in [-0.2, -0.15) is 0 Å². The smallest absolute Gasteiger partial charge is 0.166 e. The number of hydrogen-bond acceptors (Lipinski definition) is 0. The van der Waals surface area contributed by atoms with Crippen LogP contribution in [0.25, 0.3) is 33.0 Å². The van der Waals surface area contributed by atoms with E-state index in [2.05, 4.69) is 55.5 Å². The second-order valence-corrected chi connectivity index (χ2v) is 8.24. The molecule has 0 unspecified atom stereocenters. The molecule has 0 amide bonds. The van der Waals surface area contributed by atoms with E-state index in [4.69, 9.17) is 0 Å². The van der Waals surface area contributed by atoms with Gasteiger partial charge in [0, 0.05) is 5.39 Å². The Balaban J connectivity index is 1.46. The Morgan fingerprint density at radius 1 is 0.581 bits per heavy atom. The van der Waals surface area contributed by atoms with Crippen LogP contribution in [0, 0.1) is 11.6 Å². The van der Waals surface area contributed by atoms with Crippen molar-refractivity contribution in [2.75, 3.05) is 0 Å². The van der Waals surface area contributed by atoms with Crippen molar-refractivity contribution >= 4 is 10.8 Å². The summed E-state index contributed by atoms with van der Waals surface area (Å²) in [4.78, 5) is 0. The van der Waals surface area contributed by atoms with Gasteiger partial charge in [-0.05, 0) is 58.2 Å². The molecule has 0 aliphatic carbocycles. The van der Waals surface area contributed by atoms with Gasteiger partial charge in [-0.3, -0.25) is 0 Å². The van der Waals surface area contributed by atoms with Crippen molar-refractivity contribution in [2.45, 2.75) is 45.4 Å². The summed E-state index contributed by atoms with van der Waals surface area (Å²) >= 11 is 0. The van der Waals surface area contributed by atoms with E-state index in [0.29, 0.717) is 10.8 Å². The molecule has 4 rings (SSSR count). The number of unbranched alkanes of at least 4 members (excludes halogenated alkanes) is 4. The van der Waals surface area contributed by atoms with Crippen LogP contribution in [0.15, 0.2) is 78.9 Å². The topological polar surface area (TPSA) is 0 Å². The molecule has 2 heteroatoms. The van der Waals surface area contributed by atoms with Crippen molar-refractivity contribution in [3.05, 3.63) is 96.1 Å². The van der Waals surface area contributed by atoms with Gasteiger partial charge in [0.05, 0.1) is 0 Å². The standard InChI is InChI=1S/C29H28F2/c1-2-3-4-5-6-7-21-8-10-22(11-9-21)23-12-14-24(15-13-23)25-16-18-27-26(20-25)17-19-28(30)29(27)31/h8-20H,2-7H2,1H3. The molecule has 158 valence electrons. The first-order valence-electron chi connectivity index (χ1n) is 11.2. The van der Waals surface area contributed by atoms with Gasteiger partial charge in [0.15, 0.2) is 11.6 Å². The van der Waals surface area contributed by atoms with E-state index in [9.17, 15) is 8.78 Å². The highest BCUT2D eigenvalue weighted by molar-refractivity contribution is 5.88. The fourth-order valence-corrected chi connectivity index (χ4v) is 4.10. The maximum absolute atomic E-state index is 13.9. The second-order valence-electron chi connectivity index (χ2n) is 8.24. The third kappa shape index (κ3) is 5.02. The minimum absolute atomic E-state index is 0.311. The van der Waals surface area contributed by atoms with E-state index >= 15 is 0 Å². The minimum Gasteiger partial charge on any atom is -0.204 e. The summed E-state index contributed by atoms with van der Waals surface area (Å²) in [6, 6.07) is 25.5. The highest BCUT2D eigenvalue weighted by Crippen LogP contribution is 2.29. The van der Waals surface area contributed by atoms with Crippen LogP contribution in [0.1, 0.15) is 44.6 Å². The highest BCUT2D eigenvalue weighted by Gasteiger charge is 2.08. The van der Waals surface area contributed by atoms with Crippen LogP contribution in [-0.4, -0.2) is 0 Å². The monoisotopic (exact) mass is 414 g/mol. The van der Waals surface area contributed by atoms with E-state index < -0.39 is 11.6 Å². The number of halogens is 2. The Morgan fingerprint density at radius 3 is 1.84 bits per heavy atom. The fourth-order valence-electron chi connectivity index (χ4n) is 4.10. The lowest BCUT2D eigenvalue weighted by Crippen LogP contribution is -1.88. The van der Waals surface area contributed by atoms with Crippen LogP contribution in [0.5, 0.6) is 0 Å². The summed E-state index contributed by atoms with van der Waals surface area (Å²) in [6.07, 6.45) is 7.68. The molecule has 0 radical (unpaired) electrons. The molecule has 0 fully saturated rings. The van der Waals surface area contributed by atoms with Crippen molar-refractivity contribution in [3.8, 4) is 22.3 Å². The normalized spacial score (nSPS) is 11.2. The summed E-state index contributed by atoms with van der Waals surface area (Å²) < 4.78 is 27.4. The average Bonchev–Trinajstić information content (AvgIpc) is 2.82. The number of aryl methyl sites for hydroxylation is 1. The molecule has 0 aromatic heterocycles. The van der Waals surface area contributed by atoms with Crippen molar-refractivity contribution in [3.63, 3.8) is 0 Å². The number of benzene rings is 4. The Labute approximate surface area is 183 Å². The van der Waals surface area contributed by atoms with E-state index in [-0.39, 0.29) is 0 Å². The third-order valence-electron chi connectivity index (χ3n) is 5.98. The van der Waals surface area contributed by atoms with Crippen LogP contribution in [-0.2, 0) is 6.42 Å². The van der Waals surface area contributed by atoms with Gasteiger partial charge >= 0.3 is 0 Å². The van der Waals surface area contributed by atoms with Crippen LogP contribution < -0.4 is 0 Å². The van der Waals surface area contributed by atoms with E-state index in [1.54, 1.807) is 12.1 Å². The largest absolute Gasteiger partial charge is 0.204 e. The van der Waals surface area contributed by atoms with Gasteiger partial charge in [-0.15, -0.1) is 0 Å². The first kappa shape index (κ1) is 21.2. The predicted octanol–water partition coefficient (Wildman–Crippen LogP) is 8.96. The molecule has 0 N–H and O–H groups in total. The molecule has 0 aliphatic rings. The Hall–Kier alpha value is -3.00. The third-order valence-corrected chi connectivity index (χ3v) is 5.98. The van der Waals surface area contributed by atoms with E-state index in [0.717, 1.165) is 17.5 Å². The van der Waals surface area contributed by atoms with Crippen molar-refractivity contribution in [1.29, 1.82) is 0 Å². The fraction of sp³-hybridized carbons (Fsp3) is 0.241. The van der Waals surface area contributed by atoms with Crippen LogP contribution in [0.4, 0.5) is 8.78 Å². The molecule has 4 aromatic rings. The molecule has 0 saturated carbocycles. The average molecular weight is 415 g/mol. The van der Waals surface area contributed by atoms with Crippen LogP contribution in [0.2, 0.25) is 0 Å². The van der Waals surface area contributed by atoms with Crippen molar-refractivity contribution in [1.82, 2.24) is 0 Å². The lowest BCUT2D eigenvalue weighted by atomic mass is 9.97. The summed E-state index contributed by atoms with van der Waals surface area (Å²) in [7, 11) is 0. The molecule has 0 heterocycles. The molecule has 0 spiro atoms. The first-order chi connectivity index (χ1) is 15.2. The second kappa shape index (κ2) is 9.87. The maximum Gasteiger partial charge on any atom is 0.166 e. The lowest BCUT2D eigenvalue weighted by Gasteiger charge is -2.08. The lowest BCUT2D eigenvalue weighted by molar-refractivity contribution is 0.517. The highest BCUT2D eigenvalue weighted by atomic mass is 19.2. The molecular formula is C29H28F2. The van der Waals surface area contributed by atoms with Crippen molar-refractivity contribution < 1.29 is 8.78 Å². The number of rotatable bonds is 8. The summed E-state index contributed by atoms with van der Waals surface area (Å²) in [6.45, 7) is 2.25. The van der Waals surface area contributed by atoms with E-state index in [1.807, 2.05) is 12.1 Å². The quantitative estimate of drug-likeness (QED) is 0.252. The Morgan fingerprint density at radius 2 is 1.16 bits per heavy atom. The summed E-state index contributed by atoms with van der Waals surface area (Å²) in [5.41, 5.74) is 5.82. The Bertz CT molecular complexity index is 1140. The maximum atomic E-state index is 13.9. The first-order valence-corrected chi connectivity index (χ1v) is 11.2. The molecule has 0 atom stereocenters. The Kier molecular flexibility index (Phi) is 6.76. The zero-order valence-corrected chi connectivity index (χ0v) is 18.0. The van der Waals surface area contributed by atoms with Gasteiger partial charge < -0.3 is 0 Å². The molecule has 0 bridgehead atoms. The van der Waals surface area contributed by atoms with Crippen molar-refractivity contribution in [2.24, 2.45) is 0 Å². The molecule has 4 aromatic carbocycles. The number of fused-ring (bicyclic) bond motifs is 1. The van der Waals surface area contributed by atoms with Gasteiger partial charge in [-0.1, -0.05) is 99.3 Å². The SMILES string of the molecule is CCCCCCCc1ccc(-c2ccc(-c3ccc4c(F)c(F)ccc4c3)cc2)cc1. The van der Waals surface area contributed by atoms with Crippen LogP contribution >= 0.6 is 0 Å². The zero-order valence-electron chi connectivity index (χ0n) is 18.0. The molecule has 0 saturated heterocycles. The van der Waals surface area contributed by atoms with E-state index in [1.165, 1.54) is 54.9 Å². The van der Waals surface area contributed by atoms with Gasteiger partial charge in [0.1, 0.15) is 0 Å². The van der Waals surface area contributed by atoms with Gasteiger partial charge in [0.2, 0.25) is 0 Å². The summed E-state index contributed by atoms with van der Waals surface area (Å²) in [5, 5.41) is 1.01. The predicted molar refractivity (Wildman–Crippen MR) is 127 cm³/mol. The zero-order chi connectivity index (χ0) is 21.6. The number of hydrogen-bond donors (Lipinski definition) is 0. The van der Waals surface area contributed by atoms with Gasteiger partial charge in [-0.25, -0.2) is 8.78 Å². The van der Waals surface area contributed by atoms with Crippen LogP contribution in [0.3, 0.4) is 0 Å². The molecule has 31 heavy (non-hydrogen) atoms. The molecule has 0 nitrogen and oxygen atoms in total. The summed E-state index contributed by atoms with van der Waals surface area (Å²) in [5.74, 6) is -1.60. The minimum atomic E-state index is -0.813. The molecule has 0 aliphatic heterocycles. The van der Waals surface area contributed by atoms with Gasteiger partial charge in [0.25, 0.3) is 0 Å². The molecular weight excluding hydrogens is 386 g/mol.